The Hall–Kier alpha value is -5.62. The molecule has 1 aliphatic heterocycles. The molecule has 2 amide bonds. The highest BCUT2D eigenvalue weighted by Gasteiger charge is 2.34. The lowest BCUT2D eigenvalue weighted by Crippen LogP contribution is -2.40. The monoisotopic (exact) mass is 625 g/mol. The van der Waals surface area contributed by atoms with E-state index in [2.05, 4.69) is 31.2 Å². The summed E-state index contributed by atoms with van der Waals surface area (Å²) in [7, 11) is 0. The normalized spacial score (nSPS) is 13.8. The molecule has 9 aromatic rings. The Balaban J connectivity index is 1.22. The van der Waals surface area contributed by atoms with Gasteiger partial charge in [0.25, 0.3) is 17.4 Å². The summed E-state index contributed by atoms with van der Waals surface area (Å²) in [5.41, 5.74) is 3.42. The highest BCUT2D eigenvalue weighted by atomic mass is 16.2. The quantitative estimate of drug-likeness (QED) is 0.0765. The molecule has 0 saturated heterocycles. The molecule has 0 radical (unpaired) electrons. The number of imide groups is 1. The van der Waals surface area contributed by atoms with E-state index in [1.54, 1.807) is 4.40 Å². The van der Waals surface area contributed by atoms with Crippen LogP contribution in [0.25, 0.3) is 81.3 Å². The number of carbonyl (C=O) groups is 2. The fraction of sp³-hybridized carbons (Fsp3) is 0.190. The van der Waals surface area contributed by atoms with Gasteiger partial charge in [0, 0.05) is 44.6 Å². The highest BCUT2D eigenvalue weighted by molar-refractivity contribution is 6.41. The Bertz CT molecular complexity index is 2830. The van der Waals surface area contributed by atoms with Crippen LogP contribution < -0.4 is 5.56 Å². The van der Waals surface area contributed by atoms with Gasteiger partial charge < -0.3 is 0 Å². The van der Waals surface area contributed by atoms with Crippen LogP contribution in [0.15, 0.2) is 89.7 Å². The maximum Gasteiger partial charge on any atom is 0.264 e. The third-order valence-electron chi connectivity index (χ3n) is 10.8. The molecule has 232 valence electrons. The van der Waals surface area contributed by atoms with Crippen LogP contribution in [0, 0.1) is 0 Å². The van der Waals surface area contributed by atoms with Crippen molar-refractivity contribution in [3.8, 4) is 0 Å². The molecule has 0 saturated carbocycles. The number of nitrogens with zero attached hydrogens (tertiary/aromatic N) is 3. The predicted molar refractivity (Wildman–Crippen MR) is 195 cm³/mol. The van der Waals surface area contributed by atoms with Gasteiger partial charge in [-0.2, -0.15) is 0 Å². The molecular formula is C42H31N3O3. The van der Waals surface area contributed by atoms with Crippen LogP contribution in [0.3, 0.4) is 0 Å². The maximum absolute atomic E-state index is 14.4. The summed E-state index contributed by atoms with van der Waals surface area (Å²) in [6, 6.07) is 28.1. The van der Waals surface area contributed by atoms with E-state index in [0.29, 0.717) is 28.7 Å². The number of carbonyl (C=O) groups excluding carboxylic acids is 2. The minimum atomic E-state index is -0.211. The lowest BCUT2D eigenvalue weighted by atomic mass is 9.83. The van der Waals surface area contributed by atoms with E-state index < -0.39 is 0 Å². The van der Waals surface area contributed by atoms with Crippen molar-refractivity contribution in [1.29, 1.82) is 0 Å². The van der Waals surface area contributed by atoms with Gasteiger partial charge in [-0.05, 0) is 80.5 Å². The third kappa shape index (κ3) is 3.47. The Labute approximate surface area is 274 Å². The Kier molecular flexibility index (Phi) is 5.69. The minimum Gasteiger partial charge on any atom is -0.274 e. The summed E-state index contributed by atoms with van der Waals surface area (Å²) >= 11 is 0. The van der Waals surface area contributed by atoms with E-state index >= 15 is 0 Å². The number of hydrogen-bond donors (Lipinski definition) is 0. The van der Waals surface area contributed by atoms with Gasteiger partial charge in [0.2, 0.25) is 0 Å². The number of fused-ring (bicyclic) bond motifs is 5. The zero-order chi connectivity index (χ0) is 32.3. The first-order valence-electron chi connectivity index (χ1n) is 17.1. The second-order valence-electron chi connectivity index (χ2n) is 13.4. The van der Waals surface area contributed by atoms with Gasteiger partial charge in [0.1, 0.15) is 5.65 Å². The second kappa shape index (κ2) is 9.94. The van der Waals surface area contributed by atoms with Crippen LogP contribution in [0.4, 0.5) is 0 Å². The van der Waals surface area contributed by atoms with Gasteiger partial charge in [0.05, 0.1) is 11.0 Å². The molecule has 0 spiro atoms. The molecule has 7 aromatic carbocycles. The van der Waals surface area contributed by atoms with Gasteiger partial charge in [-0.25, -0.2) is 4.98 Å². The molecule has 0 bridgehead atoms. The number of aromatic nitrogens is 2. The molecule has 6 heteroatoms. The summed E-state index contributed by atoms with van der Waals surface area (Å²) in [5, 5.41) is 11.1. The number of pyridine rings is 1. The summed E-state index contributed by atoms with van der Waals surface area (Å²) in [5.74, 6) is -0.422. The zero-order valence-electron chi connectivity index (χ0n) is 26.6. The van der Waals surface area contributed by atoms with Crippen molar-refractivity contribution in [2.75, 3.05) is 6.54 Å². The fourth-order valence-electron chi connectivity index (χ4n) is 8.61. The van der Waals surface area contributed by atoms with Gasteiger partial charge in [0.15, 0.2) is 0 Å². The predicted octanol–water partition coefficient (Wildman–Crippen LogP) is 9.60. The molecule has 0 atom stereocenters. The average molecular weight is 626 g/mol. The third-order valence-corrected chi connectivity index (χ3v) is 10.8. The van der Waals surface area contributed by atoms with E-state index in [-0.39, 0.29) is 17.4 Å². The Morgan fingerprint density at radius 2 is 1.10 bits per heavy atom. The molecule has 1 aliphatic rings. The lowest BCUT2D eigenvalue weighted by molar-refractivity contribution is 0.0608. The van der Waals surface area contributed by atoms with E-state index in [4.69, 9.17) is 4.98 Å². The largest absolute Gasteiger partial charge is 0.274 e. The van der Waals surface area contributed by atoms with E-state index in [0.717, 1.165) is 89.5 Å². The van der Waals surface area contributed by atoms with Crippen molar-refractivity contribution in [3.63, 3.8) is 0 Å². The molecule has 0 unspecified atom stereocenters. The molecule has 6 nitrogen and oxygen atoms in total. The molecule has 0 N–H and O–H groups in total. The number of amides is 2. The minimum absolute atomic E-state index is 0.0929. The fourth-order valence-corrected chi connectivity index (χ4v) is 8.61. The van der Waals surface area contributed by atoms with E-state index in [9.17, 15) is 14.4 Å². The van der Waals surface area contributed by atoms with Crippen LogP contribution >= 0.6 is 0 Å². The summed E-state index contributed by atoms with van der Waals surface area (Å²) < 4.78 is 1.77. The molecule has 3 heterocycles. The first-order chi connectivity index (χ1) is 23.6. The van der Waals surface area contributed by atoms with Crippen LogP contribution in [0.2, 0.25) is 0 Å². The smallest absolute Gasteiger partial charge is 0.264 e. The SMILES string of the molecule is CCCCCCCCN1C(=O)c2ccc3c4ccc5c(=O)n6c7cccc8cccc(nc6c6ccc(c9ccc(c2c39)C1=O)c4c56)c87. The summed E-state index contributed by atoms with van der Waals surface area (Å²) in [4.78, 5) is 48.6. The lowest BCUT2D eigenvalue weighted by Gasteiger charge is -2.28. The molecule has 0 aliphatic carbocycles. The molecule has 10 rings (SSSR count). The van der Waals surface area contributed by atoms with Gasteiger partial charge in [-0.15, -0.1) is 0 Å². The summed E-state index contributed by atoms with van der Waals surface area (Å²) in [6.07, 6.45) is 6.55. The molecule has 48 heavy (non-hydrogen) atoms. The first kappa shape index (κ1) is 27.5. The average Bonchev–Trinajstić information content (AvgIpc) is 3.11. The van der Waals surface area contributed by atoms with Crippen molar-refractivity contribution >= 4 is 93.1 Å². The van der Waals surface area contributed by atoms with Crippen molar-refractivity contribution in [2.24, 2.45) is 0 Å². The summed E-state index contributed by atoms with van der Waals surface area (Å²) in [6.45, 7) is 2.64. The number of rotatable bonds is 7. The van der Waals surface area contributed by atoms with Crippen LogP contribution in [0.5, 0.6) is 0 Å². The van der Waals surface area contributed by atoms with Crippen LogP contribution in [-0.4, -0.2) is 32.6 Å². The van der Waals surface area contributed by atoms with Crippen molar-refractivity contribution in [3.05, 3.63) is 106 Å². The standard InChI is InChI=1S/C42H31N3O3/c1-2-3-4-5-6-7-22-44-40(46)29-19-15-26-24-14-18-28-37-31(21-17-25(35(24)37)27-16-20-30(41(44)47)38(29)36(26)27)42(48)45-33-13-9-11-23-10-8-12-32(34(23)33)43-39(28)45/h8-21H,2-7,22H2,1H3. The second-order valence-corrected chi connectivity index (χ2v) is 13.4. The van der Waals surface area contributed by atoms with E-state index in [1.165, 1.54) is 24.2 Å². The number of benzene rings is 7. The van der Waals surface area contributed by atoms with Crippen LogP contribution in [0.1, 0.15) is 66.2 Å². The van der Waals surface area contributed by atoms with Gasteiger partial charge in [-0.1, -0.05) is 87.6 Å². The number of unbranched alkanes of at least 4 members (excludes halogenated alkanes) is 5. The Morgan fingerprint density at radius 3 is 1.81 bits per heavy atom. The van der Waals surface area contributed by atoms with E-state index in [1.807, 2.05) is 60.7 Å². The first-order valence-corrected chi connectivity index (χ1v) is 17.1. The van der Waals surface area contributed by atoms with Crippen LogP contribution in [-0.2, 0) is 0 Å². The van der Waals surface area contributed by atoms with Crippen molar-refractivity contribution in [2.45, 2.75) is 45.4 Å². The highest BCUT2D eigenvalue weighted by Crippen LogP contribution is 2.46. The van der Waals surface area contributed by atoms with Crippen molar-refractivity contribution < 1.29 is 9.59 Å². The topological polar surface area (TPSA) is 71.8 Å². The van der Waals surface area contributed by atoms with Crippen molar-refractivity contribution in [1.82, 2.24) is 14.3 Å². The van der Waals surface area contributed by atoms with Gasteiger partial charge >= 0.3 is 0 Å². The van der Waals surface area contributed by atoms with Gasteiger partial charge in [-0.3, -0.25) is 23.7 Å². The maximum atomic E-state index is 14.4. The molecule has 2 aromatic heterocycles. The molecule has 0 fully saturated rings. The zero-order valence-corrected chi connectivity index (χ0v) is 26.6. The molecular weight excluding hydrogens is 594 g/mol. The number of hydrogen-bond acceptors (Lipinski definition) is 4. The Morgan fingerprint density at radius 1 is 0.542 bits per heavy atom.